The first-order chi connectivity index (χ1) is 10.3. The summed E-state index contributed by atoms with van der Waals surface area (Å²) >= 11 is 0. The monoisotopic (exact) mass is 310 g/mol. The van der Waals surface area contributed by atoms with Crippen LogP contribution in [0.3, 0.4) is 0 Å². The number of rotatable bonds is 5. The van der Waals surface area contributed by atoms with Crippen molar-refractivity contribution in [1.29, 1.82) is 0 Å². The first-order valence-electron chi connectivity index (χ1n) is 7.74. The first kappa shape index (κ1) is 16.8. The van der Waals surface area contributed by atoms with Gasteiger partial charge in [-0.1, -0.05) is 19.4 Å². The van der Waals surface area contributed by atoms with E-state index in [1.165, 1.54) is 17.7 Å². The Morgan fingerprint density at radius 3 is 2.50 bits per heavy atom. The van der Waals surface area contributed by atoms with Crippen LogP contribution in [0.1, 0.15) is 39.5 Å². The highest BCUT2D eigenvalue weighted by Gasteiger charge is 2.49. The summed E-state index contributed by atoms with van der Waals surface area (Å²) in [5.41, 5.74) is 0.917. The molecule has 0 radical (unpaired) electrons. The summed E-state index contributed by atoms with van der Waals surface area (Å²) in [6.07, 6.45) is 4.51. The van der Waals surface area contributed by atoms with Gasteiger partial charge < -0.3 is 10.2 Å². The second kappa shape index (κ2) is 6.26. The fourth-order valence-electron chi connectivity index (χ4n) is 3.15. The summed E-state index contributed by atoms with van der Waals surface area (Å²) < 4.78 is 0. The molecule has 1 heterocycles. The lowest BCUT2D eigenvalue weighted by Gasteiger charge is -2.28. The van der Waals surface area contributed by atoms with Crippen LogP contribution in [-0.2, 0) is 9.59 Å². The van der Waals surface area contributed by atoms with Crippen molar-refractivity contribution in [1.82, 2.24) is 20.6 Å². The van der Waals surface area contributed by atoms with Gasteiger partial charge in [-0.15, -0.1) is 0 Å². The van der Waals surface area contributed by atoms with Crippen molar-refractivity contribution in [3.63, 3.8) is 0 Å². The van der Waals surface area contributed by atoms with Gasteiger partial charge in [0, 0.05) is 19.6 Å². The Morgan fingerprint density at radius 1 is 1.45 bits per heavy atom. The number of amides is 2. The quantitative estimate of drug-likeness (QED) is 0.506. The average molecular weight is 310 g/mol. The molecule has 7 heteroatoms. The molecule has 0 aromatic carbocycles. The molecular weight excluding hydrogens is 284 g/mol. The Bertz CT molecular complexity index is 471. The molecule has 0 aromatic heterocycles. The van der Waals surface area contributed by atoms with E-state index in [2.05, 4.69) is 11.9 Å². The number of nitrogens with zero attached hydrogens (tertiary/aromatic N) is 2. The normalized spacial score (nSPS) is 23.3. The van der Waals surface area contributed by atoms with E-state index in [0.29, 0.717) is 18.4 Å². The predicted octanol–water partition coefficient (Wildman–Crippen LogP) is 0.416. The molecule has 3 N–H and O–H groups in total. The van der Waals surface area contributed by atoms with Crippen molar-refractivity contribution < 1.29 is 14.8 Å². The number of hydroxylamine groups is 1. The van der Waals surface area contributed by atoms with Crippen molar-refractivity contribution >= 4 is 11.8 Å². The number of carbonyl (C=O) groups excluding carboxylic acids is 2. The summed E-state index contributed by atoms with van der Waals surface area (Å²) in [7, 11) is 1.78. The second-order valence-corrected chi connectivity index (χ2v) is 6.59. The van der Waals surface area contributed by atoms with Gasteiger partial charge in [0.25, 0.3) is 11.8 Å². The maximum Gasteiger partial charge on any atom is 0.267 e. The highest BCUT2D eigenvalue weighted by Crippen LogP contribution is 2.32. The molecule has 2 fully saturated rings. The SMILES string of the molecule is C=C1N(C(CNC2CCCC2)C(=O)NO)C(=O)C(C)(C)N1C. The zero-order chi connectivity index (χ0) is 16.5. The Kier molecular flexibility index (Phi) is 4.77. The average Bonchev–Trinajstić information content (AvgIpc) is 3.05. The highest BCUT2D eigenvalue weighted by atomic mass is 16.5. The van der Waals surface area contributed by atoms with Crippen molar-refractivity contribution in [3.05, 3.63) is 12.4 Å². The minimum absolute atomic E-state index is 0.193. The lowest BCUT2D eigenvalue weighted by molar-refractivity contribution is -0.142. The number of nitrogens with one attached hydrogen (secondary N) is 2. The van der Waals surface area contributed by atoms with Crippen LogP contribution in [0.15, 0.2) is 12.4 Å². The van der Waals surface area contributed by atoms with E-state index in [4.69, 9.17) is 5.21 Å². The first-order valence-corrected chi connectivity index (χ1v) is 7.74. The van der Waals surface area contributed by atoms with Crippen LogP contribution < -0.4 is 10.8 Å². The van der Waals surface area contributed by atoms with Crippen molar-refractivity contribution in [2.45, 2.75) is 57.2 Å². The molecule has 1 aliphatic carbocycles. The predicted molar refractivity (Wildman–Crippen MR) is 81.8 cm³/mol. The smallest absolute Gasteiger partial charge is 0.267 e. The molecule has 0 aromatic rings. The summed E-state index contributed by atoms with van der Waals surface area (Å²) in [5, 5.41) is 12.3. The standard InChI is InChI=1S/C15H26N4O3/c1-10-18(4)15(2,3)14(21)19(10)12(13(20)17-22)9-16-11-7-5-6-8-11/h11-12,16,22H,1,5-9H2,2-4H3,(H,17,20). The number of carbonyl (C=O) groups is 2. The van der Waals surface area contributed by atoms with Gasteiger partial charge in [0.05, 0.1) is 0 Å². The molecule has 7 nitrogen and oxygen atoms in total. The molecule has 1 unspecified atom stereocenters. The second-order valence-electron chi connectivity index (χ2n) is 6.59. The van der Waals surface area contributed by atoms with Gasteiger partial charge in [-0.05, 0) is 26.7 Å². The van der Waals surface area contributed by atoms with Gasteiger partial charge in [-0.25, -0.2) is 5.48 Å². The fraction of sp³-hybridized carbons (Fsp3) is 0.733. The highest BCUT2D eigenvalue weighted by molar-refractivity contribution is 5.95. The van der Waals surface area contributed by atoms with E-state index in [0.717, 1.165) is 12.8 Å². The molecule has 2 aliphatic rings. The molecule has 1 saturated heterocycles. The number of hydrogen-bond acceptors (Lipinski definition) is 5. The van der Waals surface area contributed by atoms with Gasteiger partial charge >= 0.3 is 0 Å². The molecule has 1 atom stereocenters. The van der Waals surface area contributed by atoms with E-state index in [1.807, 2.05) is 0 Å². The van der Waals surface area contributed by atoms with E-state index >= 15 is 0 Å². The molecule has 0 bridgehead atoms. The molecule has 1 aliphatic heterocycles. The maximum atomic E-state index is 12.6. The van der Waals surface area contributed by atoms with Crippen molar-refractivity contribution in [3.8, 4) is 0 Å². The zero-order valence-electron chi connectivity index (χ0n) is 13.6. The summed E-state index contributed by atoms with van der Waals surface area (Å²) in [6.45, 7) is 7.80. The third-order valence-electron chi connectivity index (χ3n) is 4.93. The third-order valence-corrected chi connectivity index (χ3v) is 4.93. The summed E-state index contributed by atoms with van der Waals surface area (Å²) in [5.74, 6) is -0.329. The Balaban J connectivity index is 2.16. The van der Waals surface area contributed by atoms with Crippen LogP contribution in [0, 0.1) is 0 Å². The number of hydrogen-bond donors (Lipinski definition) is 3. The topological polar surface area (TPSA) is 84.9 Å². The van der Waals surface area contributed by atoms with Crippen molar-refractivity contribution in [2.75, 3.05) is 13.6 Å². The molecule has 2 amide bonds. The molecule has 0 spiro atoms. The van der Waals surface area contributed by atoms with E-state index in [-0.39, 0.29) is 5.91 Å². The van der Waals surface area contributed by atoms with Gasteiger partial charge in [-0.2, -0.15) is 0 Å². The van der Waals surface area contributed by atoms with Gasteiger partial charge in [0.15, 0.2) is 0 Å². The zero-order valence-corrected chi connectivity index (χ0v) is 13.6. The molecular formula is C15H26N4O3. The van der Waals surface area contributed by atoms with Crippen molar-refractivity contribution in [2.24, 2.45) is 0 Å². The molecule has 2 rings (SSSR count). The summed E-state index contributed by atoms with van der Waals surface area (Å²) in [4.78, 5) is 27.8. The largest absolute Gasteiger partial charge is 0.347 e. The van der Waals surface area contributed by atoms with Gasteiger partial charge in [0.1, 0.15) is 17.4 Å². The minimum Gasteiger partial charge on any atom is -0.347 e. The van der Waals surface area contributed by atoms with E-state index in [1.54, 1.807) is 31.3 Å². The van der Waals surface area contributed by atoms with Crippen LogP contribution in [0.4, 0.5) is 0 Å². The Hall–Kier alpha value is -1.60. The van der Waals surface area contributed by atoms with Crippen LogP contribution in [0.2, 0.25) is 0 Å². The fourth-order valence-corrected chi connectivity index (χ4v) is 3.15. The van der Waals surface area contributed by atoms with E-state index in [9.17, 15) is 9.59 Å². The van der Waals surface area contributed by atoms with Crippen LogP contribution in [-0.4, -0.2) is 58.0 Å². The maximum absolute atomic E-state index is 12.6. The lowest BCUT2D eigenvalue weighted by Crippen LogP contribution is -2.54. The van der Waals surface area contributed by atoms with Gasteiger partial charge in [0.2, 0.25) is 0 Å². The Labute approximate surface area is 131 Å². The van der Waals surface area contributed by atoms with Crippen LogP contribution in [0.5, 0.6) is 0 Å². The molecule has 22 heavy (non-hydrogen) atoms. The lowest BCUT2D eigenvalue weighted by atomic mass is 10.0. The van der Waals surface area contributed by atoms with Crippen LogP contribution >= 0.6 is 0 Å². The van der Waals surface area contributed by atoms with Gasteiger partial charge in [-0.3, -0.25) is 19.7 Å². The summed E-state index contributed by atoms with van der Waals surface area (Å²) in [6, 6.07) is -0.444. The molecule has 124 valence electrons. The molecule has 1 saturated carbocycles. The third kappa shape index (κ3) is 2.83. The van der Waals surface area contributed by atoms with E-state index < -0.39 is 17.5 Å². The number of likely N-dealkylation sites (N-methyl/N-ethyl adjacent to an activating group) is 1. The minimum atomic E-state index is -0.810. The Morgan fingerprint density at radius 2 is 2.05 bits per heavy atom. The van der Waals surface area contributed by atoms with Crippen LogP contribution in [0.25, 0.3) is 0 Å².